The molecule has 0 fully saturated rings. The molecule has 0 saturated carbocycles. The predicted molar refractivity (Wildman–Crippen MR) is 94.0 cm³/mol. The Labute approximate surface area is 137 Å². The monoisotopic (exact) mass is 328 g/mol. The van der Waals surface area contributed by atoms with Crippen LogP contribution < -0.4 is 5.32 Å². The van der Waals surface area contributed by atoms with E-state index in [0.29, 0.717) is 5.69 Å². The Morgan fingerprint density at radius 3 is 2.45 bits per heavy atom. The number of rotatable bonds is 3. The van der Waals surface area contributed by atoms with Crippen LogP contribution in [0.1, 0.15) is 26.5 Å². The molecule has 0 unspecified atom stereocenters. The smallest absolute Gasteiger partial charge is 0.275 e. The number of carbonyl (C=O) groups excluding carboxylic acids is 1. The molecule has 1 amide bonds. The number of aryl methyl sites for hydroxylation is 3. The van der Waals surface area contributed by atoms with Crippen LogP contribution in [0, 0.1) is 20.8 Å². The highest BCUT2D eigenvalue weighted by Gasteiger charge is 2.13. The Morgan fingerprint density at radius 2 is 1.82 bits per heavy atom. The number of benzene rings is 1. The molecule has 22 heavy (non-hydrogen) atoms. The van der Waals surface area contributed by atoms with E-state index in [2.05, 4.69) is 29.4 Å². The van der Waals surface area contributed by atoms with E-state index >= 15 is 0 Å². The van der Waals surface area contributed by atoms with Crippen molar-refractivity contribution in [1.29, 1.82) is 0 Å². The molecule has 2 heterocycles. The van der Waals surface area contributed by atoms with Gasteiger partial charge in [-0.25, -0.2) is 4.98 Å². The molecule has 0 aliphatic carbocycles. The number of amides is 1. The summed E-state index contributed by atoms with van der Waals surface area (Å²) in [5, 5.41) is 5.62. The SMILES string of the molecule is Cc1cc(C)cc(NC(=O)c2csc(-c3ccc(C)s3)n2)c1. The molecule has 1 N–H and O–H groups in total. The lowest BCUT2D eigenvalue weighted by atomic mass is 10.1. The molecule has 5 heteroatoms. The summed E-state index contributed by atoms with van der Waals surface area (Å²) < 4.78 is 0. The Morgan fingerprint density at radius 1 is 1.09 bits per heavy atom. The number of aromatic nitrogens is 1. The molecule has 2 aromatic heterocycles. The first kappa shape index (κ1) is 14.9. The molecular formula is C17H16N2OS2. The van der Waals surface area contributed by atoms with Crippen LogP contribution in [0.2, 0.25) is 0 Å². The summed E-state index contributed by atoms with van der Waals surface area (Å²) in [7, 11) is 0. The van der Waals surface area contributed by atoms with Gasteiger partial charge in [-0.2, -0.15) is 0 Å². The van der Waals surface area contributed by atoms with Gasteiger partial charge in [0.15, 0.2) is 0 Å². The highest BCUT2D eigenvalue weighted by atomic mass is 32.1. The van der Waals surface area contributed by atoms with E-state index in [-0.39, 0.29) is 5.91 Å². The van der Waals surface area contributed by atoms with Crippen molar-refractivity contribution >= 4 is 34.3 Å². The van der Waals surface area contributed by atoms with E-state index in [9.17, 15) is 4.79 Å². The molecular weight excluding hydrogens is 312 g/mol. The zero-order valence-electron chi connectivity index (χ0n) is 12.6. The van der Waals surface area contributed by atoms with E-state index in [0.717, 1.165) is 26.7 Å². The quantitative estimate of drug-likeness (QED) is 0.731. The summed E-state index contributed by atoms with van der Waals surface area (Å²) in [6, 6.07) is 10.1. The maximum absolute atomic E-state index is 12.3. The van der Waals surface area contributed by atoms with Gasteiger partial charge in [-0.15, -0.1) is 22.7 Å². The molecule has 0 aliphatic rings. The van der Waals surface area contributed by atoms with Gasteiger partial charge in [-0.3, -0.25) is 4.79 Å². The second kappa shape index (κ2) is 6.02. The van der Waals surface area contributed by atoms with Crippen LogP contribution in [0.5, 0.6) is 0 Å². The Balaban J connectivity index is 1.79. The van der Waals surface area contributed by atoms with Crippen molar-refractivity contribution in [3.05, 3.63) is 57.4 Å². The maximum atomic E-state index is 12.3. The van der Waals surface area contributed by atoms with Crippen LogP contribution in [0.3, 0.4) is 0 Å². The van der Waals surface area contributed by atoms with Gasteiger partial charge in [0.2, 0.25) is 0 Å². The highest BCUT2D eigenvalue weighted by Crippen LogP contribution is 2.30. The summed E-state index contributed by atoms with van der Waals surface area (Å²) in [6.45, 7) is 6.10. The zero-order valence-corrected chi connectivity index (χ0v) is 14.3. The molecule has 0 atom stereocenters. The van der Waals surface area contributed by atoms with Gasteiger partial charge in [0, 0.05) is 15.9 Å². The molecule has 0 spiro atoms. The topological polar surface area (TPSA) is 42.0 Å². The summed E-state index contributed by atoms with van der Waals surface area (Å²) in [5.41, 5.74) is 3.53. The third-order valence-corrected chi connectivity index (χ3v) is 5.18. The Kier molecular flexibility index (Phi) is 4.09. The average Bonchev–Trinajstić information content (AvgIpc) is 3.05. The largest absolute Gasteiger partial charge is 0.321 e. The number of thiazole rings is 1. The van der Waals surface area contributed by atoms with Crippen LogP contribution >= 0.6 is 22.7 Å². The van der Waals surface area contributed by atoms with Gasteiger partial charge < -0.3 is 5.32 Å². The molecule has 0 bridgehead atoms. The molecule has 0 aliphatic heterocycles. The van der Waals surface area contributed by atoms with Crippen molar-refractivity contribution in [2.45, 2.75) is 20.8 Å². The van der Waals surface area contributed by atoms with Crippen molar-refractivity contribution in [2.24, 2.45) is 0 Å². The van der Waals surface area contributed by atoms with Crippen molar-refractivity contribution in [2.75, 3.05) is 5.32 Å². The summed E-state index contributed by atoms with van der Waals surface area (Å²) in [5.74, 6) is -0.166. The van der Waals surface area contributed by atoms with Crippen LogP contribution in [0.25, 0.3) is 9.88 Å². The molecule has 1 aromatic carbocycles. The first-order valence-corrected chi connectivity index (χ1v) is 8.63. The third kappa shape index (κ3) is 3.26. The summed E-state index contributed by atoms with van der Waals surface area (Å²) in [6.07, 6.45) is 0. The summed E-state index contributed by atoms with van der Waals surface area (Å²) >= 11 is 3.19. The fourth-order valence-corrected chi connectivity index (χ4v) is 4.02. The lowest BCUT2D eigenvalue weighted by Crippen LogP contribution is -2.12. The predicted octanol–water partition coefficient (Wildman–Crippen LogP) is 5.05. The highest BCUT2D eigenvalue weighted by molar-refractivity contribution is 7.21. The lowest BCUT2D eigenvalue weighted by molar-refractivity contribution is 0.102. The Bertz CT molecular complexity index is 813. The lowest BCUT2D eigenvalue weighted by Gasteiger charge is -2.06. The molecule has 0 saturated heterocycles. The van der Waals surface area contributed by atoms with Gasteiger partial charge in [0.1, 0.15) is 10.7 Å². The normalized spacial score (nSPS) is 10.7. The van der Waals surface area contributed by atoms with Gasteiger partial charge in [0.05, 0.1) is 4.88 Å². The maximum Gasteiger partial charge on any atom is 0.275 e. The molecule has 0 radical (unpaired) electrons. The Hall–Kier alpha value is -1.98. The van der Waals surface area contributed by atoms with Gasteiger partial charge >= 0.3 is 0 Å². The van der Waals surface area contributed by atoms with Crippen LogP contribution in [0.15, 0.2) is 35.7 Å². The zero-order chi connectivity index (χ0) is 15.7. The number of anilines is 1. The van der Waals surface area contributed by atoms with Gasteiger partial charge in [0.25, 0.3) is 5.91 Å². The van der Waals surface area contributed by atoms with E-state index in [1.165, 1.54) is 16.2 Å². The molecule has 3 nitrogen and oxygen atoms in total. The summed E-state index contributed by atoms with van der Waals surface area (Å²) in [4.78, 5) is 19.1. The van der Waals surface area contributed by atoms with Gasteiger partial charge in [-0.1, -0.05) is 6.07 Å². The number of hydrogen-bond acceptors (Lipinski definition) is 4. The molecule has 3 aromatic rings. The number of nitrogens with one attached hydrogen (secondary N) is 1. The van der Waals surface area contributed by atoms with Crippen molar-refractivity contribution in [3.8, 4) is 9.88 Å². The number of hydrogen-bond donors (Lipinski definition) is 1. The number of nitrogens with zero attached hydrogens (tertiary/aromatic N) is 1. The van der Waals surface area contributed by atoms with Crippen LogP contribution in [-0.2, 0) is 0 Å². The molecule has 3 rings (SSSR count). The van der Waals surface area contributed by atoms with E-state index in [1.54, 1.807) is 11.3 Å². The van der Waals surface area contributed by atoms with Gasteiger partial charge in [-0.05, 0) is 56.2 Å². The first-order valence-electron chi connectivity index (χ1n) is 6.93. The van der Waals surface area contributed by atoms with Crippen molar-refractivity contribution in [1.82, 2.24) is 4.98 Å². The third-order valence-electron chi connectivity index (χ3n) is 3.17. The number of carbonyl (C=O) groups is 1. The van der Waals surface area contributed by atoms with Crippen molar-refractivity contribution in [3.63, 3.8) is 0 Å². The average molecular weight is 328 g/mol. The minimum Gasteiger partial charge on any atom is -0.321 e. The molecule has 112 valence electrons. The van der Waals surface area contributed by atoms with Crippen LogP contribution in [-0.4, -0.2) is 10.9 Å². The number of thiophene rings is 1. The fourth-order valence-electron chi connectivity index (χ4n) is 2.28. The van der Waals surface area contributed by atoms with Crippen LogP contribution in [0.4, 0.5) is 5.69 Å². The first-order chi connectivity index (χ1) is 10.5. The van der Waals surface area contributed by atoms with E-state index < -0.39 is 0 Å². The second-order valence-corrected chi connectivity index (χ2v) is 7.42. The standard InChI is InChI=1S/C17H16N2OS2/c1-10-6-11(2)8-13(7-10)18-16(20)14-9-21-17(19-14)15-5-4-12(3)22-15/h4-9H,1-3H3,(H,18,20). The fraction of sp³-hybridized carbons (Fsp3) is 0.176. The van der Waals surface area contributed by atoms with E-state index in [1.807, 2.05) is 37.4 Å². The second-order valence-electron chi connectivity index (χ2n) is 5.28. The minimum atomic E-state index is -0.166. The van der Waals surface area contributed by atoms with E-state index in [4.69, 9.17) is 0 Å². The minimum absolute atomic E-state index is 0.166. The van der Waals surface area contributed by atoms with Crippen molar-refractivity contribution < 1.29 is 4.79 Å².